The second kappa shape index (κ2) is 8.11. The largest absolute Gasteiger partial charge is 0.399 e. The lowest BCUT2D eigenvalue weighted by Gasteiger charge is -2.27. The van der Waals surface area contributed by atoms with Crippen LogP contribution < -0.4 is 16.4 Å². The summed E-state index contributed by atoms with van der Waals surface area (Å²) in [4.78, 5) is 4.59. The maximum absolute atomic E-state index is 5.92. The Balaban J connectivity index is 1.83. The average Bonchev–Trinajstić information content (AvgIpc) is 2.73. The first kappa shape index (κ1) is 18.0. The minimum Gasteiger partial charge on any atom is -0.399 e. The van der Waals surface area contributed by atoms with Crippen molar-refractivity contribution in [2.75, 3.05) is 16.4 Å². The van der Waals surface area contributed by atoms with Gasteiger partial charge in [0, 0.05) is 32.5 Å². The highest BCUT2D eigenvalue weighted by Gasteiger charge is 2.16. The number of hydrogen-bond donors (Lipinski definition) is 2. The fraction of sp³-hybridized carbons (Fsp3) is 0. The molecule has 0 amide bonds. The van der Waals surface area contributed by atoms with Crippen LogP contribution in [0.2, 0.25) is 0 Å². The number of anilines is 5. The highest BCUT2D eigenvalue weighted by Crippen LogP contribution is 2.42. The van der Waals surface area contributed by atoms with E-state index < -0.39 is 0 Å². The van der Waals surface area contributed by atoms with Crippen LogP contribution in [0.25, 0.3) is 0 Å². The molecule has 28 heavy (non-hydrogen) atoms. The summed E-state index contributed by atoms with van der Waals surface area (Å²) in [6.07, 6.45) is 0. The Kier molecular flexibility index (Phi) is 5.22. The summed E-state index contributed by atoms with van der Waals surface area (Å²) in [5, 5.41) is 0. The van der Waals surface area contributed by atoms with E-state index in [1.54, 1.807) is 11.8 Å². The second-order valence-corrected chi connectivity index (χ2v) is 7.52. The Hall–Kier alpha value is -3.37. The van der Waals surface area contributed by atoms with Crippen LogP contribution in [0.15, 0.2) is 113 Å². The van der Waals surface area contributed by atoms with Crippen molar-refractivity contribution < 1.29 is 0 Å². The fourth-order valence-corrected chi connectivity index (χ4v) is 3.98. The first-order chi connectivity index (χ1) is 13.7. The Morgan fingerprint density at radius 1 is 0.536 bits per heavy atom. The zero-order valence-corrected chi connectivity index (χ0v) is 16.1. The smallest absolute Gasteiger partial charge is 0.0601 e. The molecule has 0 aliphatic heterocycles. The van der Waals surface area contributed by atoms with E-state index in [0.717, 1.165) is 28.4 Å². The molecule has 0 fully saturated rings. The molecular formula is C24H21N3S. The molecule has 0 radical (unpaired) electrons. The van der Waals surface area contributed by atoms with Gasteiger partial charge in [0.15, 0.2) is 0 Å². The molecule has 0 heterocycles. The quantitative estimate of drug-likeness (QED) is 0.388. The van der Waals surface area contributed by atoms with Crippen LogP contribution in [0.3, 0.4) is 0 Å². The third kappa shape index (κ3) is 3.97. The summed E-state index contributed by atoms with van der Waals surface area (Å²) in [5.74, 6) is 0. The van der Waals surface area contributed by atoms with Gasteiger partial charge >= 0.3 is 0 Å². The molecule has 0 aliphatic carbocycles. The first-order valence-corrected chi connectivity index (χ1v) is 9.85. The van der Waals surface area contributed by atoms with Crippen LogP contribution in [-0.4, -0.2) is 0 Å². The summed E-state index contributed by atoms with van der Waals surface area (Å²) in [7, 11) is 0. The van der Waals surface area contributed by atoms with Gasteiger partial charge in [-0.3, -0.25) is 0 Å². The molecule has 0 spiro atoms. The lowest BCUT2D eigenvalue weighted by Crippen LogP contribution is -2.11. The molecule has 4 rings (SSSR count). The van der Waals surface area contributed by atoms with E-state index in [1.165, 1.54) is 9.79 Å². The number of nitrogens with zero attached hydrogens (tertiary/aromatic N) is 1. The van der Waals surface area contributed by atoms with E-state index in [0.29, 0.717) is 0 Å². The number of hydrogen-bond acceptors (Lipinski definition) is 4. The lowest BCUT2D eigenvalue weighted by atomic mass is 10.1. The van der Waals surface area contributed by atoms with Gasteiger partial charge in [-0.1, -0.05) is 42.1 Å². The van der Waals surface area contributed by atoms with Gasteiger partial charge in [-0.25, -0.2) is 0 Å². The highest BCUT2D eigenvalue weighted by molar-refractivity contribution is 7.99. The molecule has 0 aromatic heterocycles. The molecule has 4 N–H and O–H groups in total. The van der Waals surface area contributed by atoms with Gasteiger partial charge < -0.3 is 16.4 Å². The van der Waals surface area contributed by atoms with Crippen LogP contribution >= 0.6 is 11.8 Å². The maximum Gasteiger partial charge on any atom is 0.0601 e. The van der Waals surface area contributed by atoms with Gasteiger partial charge in [0.1, 0.15) is 0 Å². The van der Waals surface area contributed by atoms with Crippen molar-refractivity contribution >= 4 is 40.2 Å². The highest BCUT2D eigenvalue weighted by atomic mass is 32.2. The van der Waals surface area contributed by atoms with Crippen molar-refractivity contribution in [3.05, 3.63) is 103 Å². The van der Waals surface area contributed by atoms with Gasteiger partial charge in [0.2, 0.25) is 0 Å². The Morgan fingerprint density at radius 3 is 1.61 bits per heavy atom. The van der Waals surface area contributed by atoms with Crippen LogP contribution in [-0.2, 0) is 0 Å². The topological polar surface area (TPSA) is 55.3 Å². The van der Waals surface area contributed by atoms with Gasteiger partial charge in [0.25, 0.3) is 0 Å². The Labute approximate surface area is 169 Å². The Bertz CT molecular complexity index is 1000. The summed E-state index contributed by atoms with van der Waals surface area (Å²) in [5.41, 5.74) is 16.5. The zero-order chi connectivity index (χ0) is 19.3. The van der Waals surface area contributed by atoms with Crippen molar-refractivity contribution in [2.45, 2.75) is 9.79 Å². The molecular weight excluding hydrogens is 362 g/mol. The van der Waals surface area contributed by atoms with Crippen molar-refractivity contribution in [3.63, 3.8) is 0 Å². The minimum absolute atomic E-state index is 0.743. The summed E-state index contributed by atoms with van der Waals surface area (Å²) in [6.45, 7) is 0. The number of nitrogen functional groups attached to an aromatic ring is 2. The third-order valence-electron chi connectivity index (χ3n) is 4.38. The monoisotopic (exact) mass is 383 g/mol. The van der Waals surface area contributed by atoms with Gasteiger partial charge in [-0.15, -0.1) is 0 Å². The average molecular weight is 384 g/mol. The molecule has 3 nitrogen and oxygen atoms in total. The lowest BCUT2D eigenvalue weighted by molar-refractivity contribution is 1.23. The third-order valence-corrected chi connectivity index (χ3v) is 5.45. The van der Waals surface area contributed by atoms with Crippen molar-refractivity contribution in [1.82, 2.24) is 0 Å². The SMILES string of the molecule is Nc1ccc(N(c2ccc(N)cc2)c2ccccc2Sc2ccccc2)cc1. The van der Waals surface area contributed by atoms with Gasteiger partial charge in [-0.05, 0) is 72.8 Å². The minimum atomic E-state index is 0.743. The summed E-state index contributed by atoms with van der Waals surface area (Å²) in [6, 6.07) is 34.7. The van der Waals surface area contributed by atoms with E-state index in [-0.39, 0.29) is 0 Å². The van der Waals surface area contributed by atoms with Gasteiger partial charge in [0.05, 0.1) is 5.69 Å². The van der Waals surface area contributed by atoms with Crippen LogP contribution in [0, 0.1) is 0 Å². The van der Waals surface area contributed by atoms with E-state index in [2.05, 4.69) is 53.4 Å². The molecule has 0 atom stereocenters. The number of nitrogens with two attached hydrogens (primary N) is 2. The molecule has 4 aromatic rings. The van der Waals surface area contributed by atoms with Crippen LogP contribution in [0.4, 0.5) is 28.4 Å². The molecule has 4 heteroatoms. The van der Waals surface area contributed by atoms with E-state index >= 15 is 0 Å². The van der Waals surface area contributed by atoms with Gasteiger partial charge in [-0.2, -0.15) is 0 Å². The van der Waals surface area contributed by atoms with E-state index in [1.807, 2.05) is 54.6 Å². The zero-order valence-electron chi connectivity index (χ0n) is 15.3. The molecule has 0 unspecified atom stereocenters. The molecule has 0 bridgehead atoms. The molecule has 0 saturated carbocycles. The second-order valence-electron chi connectivity index (χ2n) is 6.40. The molecule has 0 aliphatic rings. The van der Waals surface area contributed by atoms with Crippen LogP contribution in [0.1, 0.15) is 0 Å². The molecule has 0 saturated heterocycles. The fourth-order valence-electron chi connectivity index (χ4n) is 3.02. The van der Waals surface area contributed by atoms with E-state index in [9.17, 15) is 0 Å². The first-order valence-electron chi connectivity index (χ1n) is 9.04. The Morgan fingerprint density at radius 2 is 1.04 bits per heavy atom. The standard InChI is InChI=1S/C24H21N3S/c25-18-10-14-20(15-11-18)27(21-16-12-19(26)13-17-21)23-8-4-5-9-24(23)28-22-6-2-1-3-7-22/h1-17H,25-26H2. The maximum atomic E-state index is 5.92. The predicted molar refractivity (Wildman–Crippen MR) is 121 cm³/mol. The normalized spacial score (nSPS) is 10.6. The predicted octanol–water partition coefficient (Wildman–Crippen LogP) is 6.47. The van der Waals surface area contributed by atoms with Crippen molar-refractivity contribution in [2.24, 2.45) is 0 Å². The van der Waals surface area contributed by atoms with Crippen molar-refractivity contribution in [1.29, 1.82) is 0 Å². The number of rotatable bonds is 5. The molecule has 138 valence electrons. The molecule has 4 aromatic carbocycles. The summed E-state index contributed by atoms with van der Waals surface area (Å²) < 4.78 is 0. The van der Waals surface area contributed by atoms with Crippen molar-refractivity contribution in [3.8, 4) is 0 Å². The summed E-state index contributed by atoms with van der Waals surface area (Å²) >= 11 is 1.75. The number of para-hydroxylation sites is 1. The van der Waals surface area contributed by atoms with E-state index in [4.69, 9.17) is 11.5 Å². The number of benzene rings is 4. The van der Waals surface area contributed by atoms with Crippen LogP contribution in [0.5, 0.6) is 0 Å².